The van der Waals surface area contributed by atoms with Gasteiger partial charge in [0, 0.05) is 4.47 Å². The van der Waals surface area contributed by atoms with Crippen molar-refractivity contribution in [2.75, 3.05) is 6.54 Å². The van der Waals surface area contributed by atoms with Crippen LogP contribution in [0.2, 0.25) is 0 Å². The average Bonchev–Trinajstić information content (AvgIpc) is 2.67. The van der Waals surface area contributed by atoms with Crippen LogP contribution < -0.4 is 10.6 Å². The second-order valence-electron chi connectivity index (χ2n) is 5.98. The Balaban J connectivity index is 2.02. The minimum absolute atomic E-state index is 0.0489. The highest BCUT2D eigenvalue weighted by atomic mass is 79.9. The van der Waals surface area contributed by atoms with Gasteiger partial charge >= 0.3 is 0 Å². The van der Waals surface area contributed by atoms with Gasteiger partial charge in [-0.05, 0) is 50.9 Å². The number of carbonyl (C=O) groups excluding carboxylic acids is 1. The first-order chi connectivity index (χ1) is 9.49. The van der Waals surface area contributed by atoms with Crippen molar-refractivity contribution < 1.29 is 4.79 Å². The molecule has 1 aromatic carbocycles. The first kappa shape index (κ1) is 15.5. The van der Waals surface area contributed by atoms with Crippen molar-refractivity contribution in [3.8, 4) is 0 Å². The van der Waals surface area contributed by atoms with E-state index in [1.54, 1.807) is 0 Å². The van der Waals surface area contributed by atoms with Gasteiger partial charge in [-0.1, -0.05) is 40.9 Å². The van der Waals surface area contributed by atoms with E-state index in [2.05, 4.69) is 26.6 Å². The smallest absolute Gasteiger partial charge is 0.237 e. The lowest BCUT2D eigenvalue weighted by atomic mass is 9.93. The van der Waals surface area contributed by atoms with Crippen molar-refractivity contribution in [2.45, 2.75) is 51.1 Å². The number of halogens is 1. The lowest BCUT2D eigenvalue weighted by Gasteiger charge is -2.29. The molecule has 0 radical (unpaired) electrons. The molecular formula is C16H23BrN2O. The molecule has 1 aliphatic heterocycles. The molecule has 0 aromatic heterocycles. The third-order valence-corrected chi connectivity index (χ3v) is 4.41. The second-order valence-corrected chi connectivity index (χ2v) is 6.89. The summed E-state index contributed by atoms with van der Waals surface area (Å²) >= 11 is 3.44. The maximum atomic E-state index is 12.4. The number of rotatable bonds is 3. The normalized spacial score (nSPS) is 20.2. The Morgan fingerprint density at radius 1 is 1.25 bits per heavy atom. The van der Waals surface area contributed by atoms with Gasteiger partial charge in [0.15, 0.2) is 0 Å². The van der Waals surface area contributed by atoms with Crippen LogP contribution in [0, 0.1) is 0 Å². The van der Waals surface area contributed by atoms with Crippen LogP contribution in [0.15, 0.2) is 28.7 Å². The fourth-order valence-corrected chi connectivity index (χ4v) is 2.85. The molecule has 1 fully saturated rings. The Morgan fingerprint density at radius 2 is 1.95 bits per heavy atom. The fraction of sp³-hybridized carbons (Fsp3) is 0.562. The maximum Gasteiger partial charge on any atom is 0.237 e. The summed E-state index contributed by atoms with van der Waals surface area (Å²) in [5.74, 6) is 0.111. The summed E-state index contributed by atoms with van der Waals surface area (Å²) in [6.45, 7) is 5.03. The third kappa shape index (κ3) is 4.06. The zero-order chi connectivity index (χ0) is 14.6. The zero-order valence-corrected chi connectivity index (χ0v) is 13.8. The van der Waals surface area contributed by atoms with Gasteiger partial charge in [-0.3, -0.25) is 4.79 Å². The highest BCUT2D eigenvalue weighted by molar-refractivity contribution is 9.10. The molecule has 1 heterocycles. The predicted octanol–water partition coefficient (Wildman–Crippen LogP) is 3.33. The molecule has 110 valence electrons. The van der Waals surface area contributed by atoms with E-state index in [0.717, 1.165) is 29.4 Å². The number of benzene rings is 1. The van der Waals surface area contributed by atoms with E-state index >= 15 is 0 Å². The van der Waals surface area contributed by atoms with Gasteiger partial charge in [-0.2, -0.15) is 0 Å². The Kier molecular flexibility index (Phi) is 5.22. The second kappa shape index (κ2) is 6.72. The quantitative estimate of drug-likeness (QED) is 0.887. The Labute approximate surface area is 129 Å². The first-order valence-corrected chi connectivity index (χ1v) is 8.10. The van der Waals surface area contributed by atoms with Crippen LogP contribution in [-0.4, -0.2) is 18.5 Å². The van der Waals surface area contributed by atoms with Crippen molar-refractivity contribution in [3.63, 3.8) is 0 Å². The van der Waals surface area contributed by atoms with E-state index in [-0.39, 0.29) is 17.5 Å². The van der Waals surface area contributed by atoms with Crippen LogP contribution in [0.1, 0.15) is 45.1 Å². The number of nitrogens with one attached hydrogen (secondary N) is 2. The fourth-order valence-electron chi connectivity index (χ4n) is 2.59. The molecule has 20 heavy (non-hydrogen) atoms. The molecule has 0 saturated carbocycles. The van der Waals surface area contributed by atoms with Crippen LogP contribution in [0.5, 0.6) is 0 Å². The summed E-state index contributed by atoms with van der Waals surface area (Å²) in [6.07, 6.45) is 4.44. The molecule has 1 atom stereocenters. The zero-order valence-electron chi connectivity index (χ0n) is 12.2. The summed E-state index contributed by atoms with van der Waals surface area (Å²) in [5.41, 5.74) is 0.758. The van der Waals surface area contributed by atoms with Gasteiger partial charge in [0.2, 0.25) is 5.91 Å². The topological polar surface area (TPSA) is 41.1 Å². The van der Waals surface area contributed by atoms with E-state index in [4.69, 9.17) is 0 Å². The van der Waals surface area contributed by atoms with E-state index in [1.807, 2.05) is 38.1 Å². The van der Waals surface area contributed by atoms with Crippen LogP contribution in [-0.2, 0) is 10.3 Å². The highest BCUT2D eigenvalue weighted by Crippen LogP contribution is 2.22. The standard InChI is InChI=1S/C16H23BrN2O/c1-16(2,12-7-9-13(17)10-8-12)19-15(20)14-6-4-3-5-11-18-14/h7-10,14,18H,3-6,11H2,1-2H3,(H,19,20). The number of amides is 1. The molecule has 3 nitrogen and oxygen atoms in total. The summed E-state index contributed by atoms with van der Waals surface area (Å²) in [6, 6.07) is 8.06. The Hall–Kier alpha value is -0.870. The van der Waals surface area contributed by atoms with Gasteiger partial charge in [-0.15, -0.1) is 0 Å². The van der Waals surface area contributed by atoms with Crippen molar-refractivity contribution in [2.24, 2.45) is 0 Å². The molecule has 2 rings (SSSR count). The lowest BCUT2D eigenvalue weighted by Crippen LogP contribution is -2.50. The Morgan fingerprint density at radius 3 is 2.65 bits per heavy atom. The average molecular weight is 339 g/mol. The summed E-state index contributed by atoms with van der Waals surface area (Å²) in [5, 5.41) is 6.52. The van der Waals surface area contributed by atoms with Crippen LogP contribution >= 0.6 is 15.9 Å². The molecule has 1 amide bonds. The first-order valence-electron chi connectivity index (χ1n) is 7.30. The molecule has 1 aromatic rings. The van der Waals surface area contributed by atoms with Crippen LogP contribution in [0.3, 0.4) is 0 Å². The molecule has 4 heteroatoms. The van der Waals surface area contributed by atoms with Gasteiger partial charge in [0.25, 0.3) is 0 Å². The van der Waals surface area contributed by atoms with Gasteiger partial charge in [0.1, 0.15) is 0 Å². The molecule has 0 spiro atoms. The van der Waals surface area contributed by atoms with E-state index < -0.39 is 0 Å². The van der Waals surface area contributed by atoms with E-state index in [0.29, 0.717) is 0 Å². The molecule has 0 bridgehead atoms. The van der Waals surface area contributed by atoms with Crippen molar-refractivity contribution in [3.05, 3.63) is 34.3 Å². The van der Waals surface area contributed by atoms with Crippen LogP contribution in [0.25, 0.3) is 0 Å². The van der Waals surface area contributed by atoms with Crippen LogP contribution in [0.4, 0.5) is 0 Å². The molecule has 1 aliphatic rings. The van der Waals surface area contributed by atoms with Crippen molar-refractivity contribution in [1.29, 1.82) is 0 Å². The molecule has 1 unspecified atom stereocenters. The monoisotopic (exact) mass is 338 g/mol. The maximum absolute atomic E-state index is 12.4. The third-order valence-electron chi connectivity index (χ3n) is 3.88. The SMILES string of the molecule is CC(C)(NC(=O)C1CCCCCN1)c1ccc(Br)cc1. The molecular weight excluding hydrogens is 316 g/mol. The van der Waals surface area contributed by atoms with E-state index in [9.17, 15) is 4.79 Å². The van der Waals surface area contributed by atoms with Crippen molar-refractivity contribution in [1.82, 2.24) is 10.6 Å². The highest BCUT2D eigenvalue weighted by Gasteiger charge is 2.27. The largest absolute Gasteiger partial charge is 0.346 e. The summed E-state index contributed by atoms with van der Waals surface area (Å²) in [7, 11) is 0. The van der Waals surface area contributed by atoms with Crippen molar-refractivity contribution >= 4 is 21.8 Å². The minimum atomic E-state index is -0.355. The summed E-state index contributed by atoms with van der Waals surface area (Å²) < 4.78 is 1.05. The van der Waals surface area contributed by atoms with E-state index in [1.165, 1.54) is 12.8 Å². The number of carbonyl (C=O) groups is 1. The van der Waals surface area contributed by atoms with Gasteiger partial charge in [-0.25, -0.2) is 0 Å². The molecule has 2 N–H and O–H groups in total. The summed E-state index contributed by atoms with van der Waals surface area (Å²) in [4.78, 5) is 12.4. The van der Waals surface area contributed by atoms with Gasteiger partial charge < -0.3 is 10.6 Å². The number of hydrogen-bond acceptors (Lipinski definition) is 2. The Bertz CT molecular complexity index is 448. The van der Waals surface area contributed by atoms with Gasteiger partial charge in [0.05, 0.1) is 11.6 Å². The predicted molar refractivity (Wildman–Crippen MR) is 85.6 cm³/mol. The number of hydrogen-bond donors (Lipinski definition) is 2. The minimum Gasteiger partial charge on any atom is -0.346 e. The lowest BCUT2D eigenvalue weighted by molar-refractivity contribution is -0.125. The molecule has 1 saturated heterocycles. The molecule has 0 aliphatic carbocycles.